The number of rotatable bonds is 3. The van der Waals surface area contributed by atoms with Crippen LogP contribution in [0, 0.1) is 11.3 Å². The van der Waals surface area contributed by atoms with Crippen LogP contribution in [0.15, 0.2) is 78.0 Å². The molecule has 0 radical (unpaired) electrons. The number of nitrogens with zero attached hydrogens (tertiary/aromatic N) is 2. The van der Waals surface area contributed by atoms with Gasteiger partial charge in [-0.25, -0.2) is 0 Å². The highest BCUT2D eigenvalue weighted by atomic mass is 15.1. The molecular weight excluding hydrogens is 268 g/mol. The molecule has 1 aliphatic rings. The van der Waals surface area contributed by atoms with E-state index in [-0.39, 0.29) is 0 Å². The van der Waals surface area contributed by atoms with Crippen molar-refractivity contribution in [3.8, 4) is 17.2 Å². The second-order valence-corrected chi connectivity index (χ2v) is 5.33. The van der Waals surface area contributed by atoms with Gasteiger partial charge in [0.05, 0.1) is 18.2 Å². The lowest BCUT2D eigenvalue weighted by atomic mass is 10.0. The summed E-state index contributed by atoms with van der Waals surface area (Å²) in [6, 6.07) is 21.1. The Labute approximate surface area is 131 Å². The summed E-state index contributed by atoms with van der Waals surface area (Å²) in [4.78, 5) is 2.13. The maximum absolute atomic E-state index is 9.32. The fourth-order valence-corrected chi connectivity index (χ4v) is 2.72. The third kappa shape index (κ3) is 2.80. The maximum Gasteiger partial charge on any atom is 0.0969 e. The van der Waals surface area contributed by atoms with Gasteiger partial charge < -0.3 is 4.90 Å². The van der Waals surface area contributed by atoms with E-state index in [9.17, 15) is 5.26 Å². The molecule has 1 aliphatic heterocycles. The molecule has 22 heavy (non-hydrogen) atoms. The van der Waals surface area contributed by atoms with Crippen LogP contribution < -0.4 is 4.90 Å². The zero-order valence-electron chi connectivity index (χ0n) is 12.7. The van der Waals surface area contributed by atoms with Crippen LogP contribution >= 0.6 is 0 Å². The number of nitriles is 1. The SMILES string of the molecule is CCC1=C(C#N)CN(c2cccc(-c3ccccc3)c2)C=C1. The summed E-state index contributed by atoms with van der Waals surface area (Å²) in [6.45, 7) is 2.73. The van der Waals surface area contributed by atoms with Crippen molar-refractivity contribution in [2.45, 2.75) is 13.3 Å². The smallest absolute Gasteiger partial charge is 0.0969 e. The molecular formula is C20H18N2. The van der Waals surface area contributed by atoms with E-state index < -0.39 is 0 Å². The Kier molecular flexibility index (Phi) is 4.07. The molecule has 108 valence electrons. The Bertz CT molecular complexity index is 764. The molecule has 0 saturated carbocycles. The van der Waals surface area contributed by atoms with E-state index in [1.165, 1.54) is 11.1 Å². The summed E-state index contributed by atoms with van der Waals surface area (Å²) in [5, 5.41) is 9.32. The van der Waals surface area contributed by atoms with Crippen LogP contribution in [0.25, 0.3) is 11.1 Å². The molecule has 0 bridgehead atoms. The molecule has 2 nitrogen and oxygen atoms in total. The first-order valence-electron chi connectivity index (χ1n) is 7.54. The first kappa shape index (κ1) is 14.2. The molecule has 2 aromatic rings. The fraction of sp³-hybridized carbons (Fsp3) is 0.150. The van der Waals surface area contributed by atoms with Gasteiger partial charge in [-0.05, 0) is 41.3 Å². The van der Waals surface area contributed by atoms with Gasteiger partial charge in [0.25, 0.3) is 0 Å². The van der Waals surface area contributed by atoms with Gasteiger partial charge in [-0.1, -0.05) is 49.4 Å². The van der Waals surface area contributed by atoms with Gasteiger partial charge in [0.15, 0.2) is 0 Å². The minimum atomic E-state index is 0.647. The van der Waals surface area contributed by atoms with Crippen LogP contribution in [0.2, 0.25) is 0 Å². The zero-order valence-corrected chi connectivity index (χ0v) is 12.7. The Morgan fingerprint density at radius 2 is 1.82 bits per heavy atom. The van der Waals surface area contributed by atoms with E-state index in [1.54, 1.807) is 0 Å². The Morgan fingerprint density at radius 1 is 1.05 bits per heavy atom. The number of hydrogen-bond donors (Lipinski definition) is 0. The van der Waals surface area contributed by atoms with Gasteiger partial charge in [0.2, 0.25) is 0 Å². The normalized spacial score (nSPS) is 14.1. The summed E-state index contributed by atoms with van der Waals surface area (Å²) in [6.07, 6.45) is 5.03. The van der Waals surface area contributed by atoms with E-state index in [0.717, 1.165) is 23.3 Å². The Morgan fingerprint density at radius 3 is 2.55 bits per heavy atom. The van der Waals surface area contributed by atoms with Gasteiger partial charge in [-0.3, -0.25) is 0 Å². The van der Waals surface area contributed by atoms with Crippen LogP contribution in [0.3, 0.4) is 0 Å². The summed E-state index contributed by atoms with van der Waals surface area (Å²) in [5.74, 6) is 0. The largest absolute Gasteiger partial charge is 0.343 e. The molecule has 2 heteroatoms. The lowest BCUT2D eigenvalue weighted by molar-refractivity contribution is 0.983. The van der Waals surface area contributed by atoms with Gasteiger partial charge in [0, 0.05) is 11.9 Å². The van der Waals surface area contributed by atoms with Crippen molar-refractivity contribution in [1.82, 2.24) is 0 Å². The third-order valence-electron chi connectivity index (χ3n) is 3.97. The Balaban J connectivity index is 1.90. The number of benzene rings is 2. The topological polar surface area (TPSA) is 27.0 Å². The molecule has 0 N–H and O–H groups in total. The standard InChI is InChI=1S/C20H18N2/c1-2-16-11-12-22(15-19(16)14-21)20-10-6-9-18(13-20)17-7-4-3-5-8-17/h3-13H,2,15H2,1H3. The van der Waals surface area contributed by atoms with Crippen LogP contribution in [0.1, 0.15) is 13.3 Å². The van der Waals surface area contributed by atoms with E-state index in [2.05, 4.69) is 66.6 Å². The van der Waals surface area contributed by atoms with E-state index in [1.807, 2.05) is 18.2 Å². The van der Waals surface area contributed by atoms with Crippen molar-refractivity contribution in [3.63, 3.8) is 0 Å². The lowest BCUT2D eigenvalue weighted by Crippen LogP contribution is -2.22. The molecule has 2 aromatic carbocycles. The van der Waals surface area contributed by atoms with Crippen LogP contribution in [0.4, 0.5) is 5.69 Å². The van der Waals surface area contributed by atoms with Gasteiger partial charge in [-0.15, -0.1) is 0 Å². The van der Waals surface area contributed by atoms with Crippen molar-refractivity contribution in [1.29, 1.82) is 5.26 Å². The van der Waals surface area contributed by atoms with Crippen molar-refractivity contribution in [2.24, 2.45) is 0 Å². The summed E-state index contributed by atoms with van der Waals surface area (Å²) < 4.78 is 0. The molecule has 0 fully saturated rings. The highest BCUT2D eigenvalue weighted by Crippen LogP contribution is 2.27. The molecule has 3 rings (SSSR count). The molecule has 0 spiro atoms. The highest BCUT2D eigenvalue weighted by molar-refractivity contribution is 5.69. The van der Waals surface area contributed by atoms with Gasteiger partial charge in [-0.2, -0.15) is 5.26 Å². The fourth-order valence-electron chi connectivity index (χ4n) is 2.72. The maximum atomic E-state index is 9.32. The van der Waals surface area contributed by atoms with Crippen LogP contribution in [0.5, 0.6) is 0 Å². The molecule has 0 amide bonds. The average Bonchev–Trinajstić information content (AvgIpc) is 2.62. The minimum absolute atomic E-state index is 0.647. The van der Waals surface area contributed by atoms with Crippen molar-refractivity contribution in [2.75, 3.05) is 11.4 Å². The van der Waals surface area contributed by atoms with Gasteiger partial charge in [0.1, 0.15) is 0 Å². The zero-order chi connectivity index (χ0) is 15.4. The highest BCUT2D eigenvalue weighted by Gasteiger charge is 2.14. The van der Waals surface area contributed by atoms with Crippen LogP contribution in [-0.2, 0) is 0 Å². The predicted molar refractivity (Wildman–Crippen MR) is 91.3 cm³/mol. The molecule has 1 heterocycles. The predicted octanol–water partition coefficient (Wildman–Crippen LogP) is 4.92. The second-order valence-electron chi connectivity index (χ2n) is 5.33. The van der Waals surface area contributed by atoms with E-state index in [4.69, 9.17) is 0 Å². The lowest BCUT2D eigenvalue weighted by Gasteiger charge is -2.25. The molecule has 0 aliphatic carbocycles. The molecule has 0 aromatic heterocycles. The first-order valence-corrected chi connectivity index (χ1v) is 7.54. The first-order chi connectivity index (χ1) is 10.8. The average molecular weight is 286 g/mol. The monoisotopic (exact) mass is 286 g/mol. The summed E-state index contributed by atoms with van der Waals surface area (Å²) in [5.41, 5.74) is 5.50. The Hall–Kier alpha value is -2.79. The van der Waals surface area contributed by atoms with E-state index in [0.29, 0.717) is 6.54 Å². The van der Waals surface area contributed by atoms with Crippen LogP contribution in [-0.4, -0.2) is 6.54 Å². The number of anilines is 1. The second kappa shape index (κ2) is 6.32. The van der Waals surface area contributed by atoms with Gasteiger partial charge >= 0.3 is 0 Å². The summed E-state index contributed by atoms with van der Waals surface area (Å²) in [7, 11) is 0. The van der Waals surface area contributed by atoms with E-state index >= 15 is 0 Å². The molecule has 0 atom stereocenters. The summed E-state index contributed by atoms with van der Waals surface area (Å²) >= 11 is 0. The number of allylic oxidation sites excluding steroid dienone is 2. The third-order valence-corrected chi connectivity index (χ3v) is 3.97. The minimum Gasteiger partial charge on any atom is -0.343 e. The molecule has 0 saturated heterocycles. The molecule has 0 unspecified atom stereocenters. The number of hydrogen-bond acceptors (Lipinski definition) is 2. The van der Waals surface area contributed by atoms with Crippen molar-refractivity contribution in [3.05, 3.63) is 78.0 Å². The van der Waals surface area contributed by atoms with Crippen molar-refractivity contribution >= 4 is 5.69 Å². The quantitative estimate of drug-likeness (QED) is 0.801. The van der Waals surface area contributed by atoms with Crippen molar-refractivity contribution < 1.29 is 0 Å².